The highest BCUT2D eigenvalue weighted by Crippen LogP contribution is 2.16. The number of anilines is 1. The average molecular weight is 433 g/mol. The van der Waals surface area contributed by atoms with Gasteiger partial charge in [-0.3, -0.25) is 9.59 Å². The van der Waals surface area contributed by atoms with E-state index < -0.39 is 11.5 Å². The maximum atomic E-state index is 12.5. The zero-order chi connectivity index (χ0) is 22.7. The van der Waals surface area contributed by atoms with Crippen LogP contribution >= 0.6 is 0 Å². The number of aryl methyl sites for hydroxylation is 1. The molecule has 0 atom stereocenters. The molecule has 0 bridgehead atoms. The lowest BCUT2D eigenvalue weighted by molar-refractivity contribution is 0.0467. The smallest absolute Gasteiger partial charge is 0.338 e. The second kappa shape index (κ2) is 8.76. The lowest BCUT2D eigenvalue weighted by Crippen LogP contribution is -2.15. The van der Waals surface area contributed by atoms with Crippen molar-refractivity contribution in [2.24, 2.45) is 0 Å². The van der Waals surface area contributed by atoms with Crippen molar-refractivity contribution in [2.75, 3.05) is 12.4 Å². The van der Waals surface area contributed by atoms with Crippen LogP contribution in [0.15, 0.2) is 70.0 Å². The standard InChI is InChI=1S/C23H19N3O6/c1-14-10-20-24-18(12-21(27)26(20)32-14)13-31-23(29)16-4-3-5-17(11-16)25-22(28)15-6-8-19(30-2)9-7-15/h3-12H,13H2,1-2H3,(H,25,28). The quantitative estimate of drug-likeness (QED) is 0.465. The highest BCUT2D eigenvalue weighted by molar-refractivity contribution is 6.04. The van der Waals surface area contributed by atoms with E-state index in [4.69, 9.17) is 14.0 Å². The summed E-state index contributed by atoms with van der Waals surface area (Å²) < 4.78 is 16.7. The number of amides is 1. The van der Waals surface area contributed by atoms with Crippen LogP contribution in [0, 0.1) is 6.92 Å². The lowest BCUT2D eigenvalue weighted by atomic mass is 10.1. The van der Waals surface area contributed by atoms with Crippen molar-refractivity contribution < 1.29 is 23.6 Å². The number of fused-ring (bicyclic) bond motifs is 1. The van der Waals surface area contributed by atoms with Crippen LogP contribution in [-0.2, 0) is 11.3 Å². The zero-order valence-corrected chi connectivity index (χ0v) is 17.3. The minimum absolute atomic E-state index is 0.183. The Morgan fingerprint density at radius 3 is 2.59 bits per heavy atom. The number of carbonyl (C=O) groups is 2. The average Bonchev–Trinajstić information content (AvgIpc) is 3.18. The van der Waals surface area contributed by atoms with Crippen molar-refractivity contribution in [1.29, 1.82) is 0 Å². The van der Waals surface area contributed by atoms with Gasteiger partial charge in [-0.15, -0.1) is 4.57 Å². The number of rotatable bonds is 6. The van der Waals surface area contributed by atoms with E-state index in [0.29, 0.717) is 34.1 Å². The lowest BCUT2D eigenvalue weighted by Gasteiger charge is -2.08. The summed E-state index contributed by atoms with van der Waals surface area (Å²) in [5.74, 6) is 0.241. The molecule has 2 heterocycles. The van der Waals surface area contributed by atoms with Crippen LogP contribution in [0.5, 0.6) is 5.75 Å². The van der Waals surface area contributed by atoms with Crippen molar-refractivity contribution in [3.8, 4) is 5.75 Å². The van der Waals surface area contributed by atoms with E-state index >= 15 is 0 Å². The predicted octanol–water partition coefficient (Wildman–Crippen LogP) is 3.21. The van der Waals surface area contributed by atoms with Gasteiger partial charge in [0.05, 0.1) is 18.4 Å². The van der Waals surface area contributed by atoms with Crippen molar-refractivity contribution in [1.82, 2.24) is 9.56 Å². The molecule has 4 rings (SSSR count). The number of methoxy groups -OCH3 is 1. The molecule has 162 valence electrons. The van der Waals surface area contributed by atoms with E-state index in [-0.39, 0.29) is 18.1 Å². The summed E-state index contributed by atoms with van der Waals surface area (Å²) in [5, 5.41) is 2.74. The van der Waals surface area contributed by atoms with Gasteiger partial charge < -0.3 is 19.3 Å². The highest BCUT2D eigenvalue weighted by Gasteiger charge is 2.13. The molecule has 0 saturated carbocycles. The van der Waals surface area contributed by atoms with Crippen LogP contribution < -0.4 is 15.6 Å². The number of ether oxygens (including phenoxy) is 2. The summed E-state index contributed by atoms with van der Waals surface area (Å²) in [4.78, 5) is 41.2. The fraction of sp³-hybridized carbons (Fsp3) is 0.130. The molecule has 9 nitrogen and oxygen atoms in total. The molecule has 0 unspecified atom stereocenters. The van der Waals surface area contributed by atoms with Gasteiger partial charge in [-0.1, -0.05) is 6.07 Å². The number of hydrogen-bond acceptors (Lipinski definition) is 7. The molecule has 1 N–H and O–H groups in total. The molecule has 0 aliphatic carbocycles. The van der Waals surface area contributed by atoms with Crippen LogP contribution in [0.1, 0.15) is 32.2 Å². The first-order valence-corrected chi connectivity index (χ1v) is 9.65. The van der Waals surface area contributed by atoms with Gasteiger partial charge in [0.1, 0.15) is 18.1 Å². The van der Waals surface area contributed by atoms with Crippen molar-refractivity contribution in [2.45, 2.75) is 13.5 Å². The summed E-state index contributed by atoms with van der Waals surface area (Å²) in [5.41, 5.74) is 1.36. The highest BCUT2D eigenvalue weighted by atomic mass is 16.5. The first-order valence-electron chi connectivity index (χ1n) is 9.65. The molecule has 0 aliphatic rings. The molecular formula is C23H19N3O6. The summed E-state index contributed by atoms with van der Waals surface area (Å²) in [6, 6.07) is 15.9. The van der Waals surface area contributed by atoms with E-state index in [1.807, 2.05) is 0 Å². The zero-order valence-electron chi connectivity index (χ0n) is 17.3. The van der Waals surface area contributed by atoms with E-state index in [0.717, 1.165) is 4.57 Å². The molecule has 2 aromatic carbocycles. The summed E-state index contributed by atoms with van der Waals surface area (Å²) in [6.07, 6.45) is 0. The molecular weight excluding hydrogens is 414 g/mol. The molecule has 0 spiro atoms. The van der Waals surface area contributed by atoms with Crippen LogP contribution in [-0.4, -0.2) is 28.5 Å². The molecule has 0 fully saturated rings. The van der Waals surface area contributed by atoms with E-state index in [2.05, 4.69) is 10.3 Å². The molecule has 0 radical (unpaired) electrons. The van der Waals surface area contributed by atoms with Gasteiger partial charge in [0.15, 0.2) is 5.65 Å². The van der Waals surface area contributed by atoms with Gasteiger partial charge in [-0.25, -0.2) is 9.78 Å². The van der Waals surface area contributed by atoms with Crippen LogP contribution in [0.3, 0.4) is 0 Å². The molecule has 0 aliphatic heterocycles. The van der Waals surface area contributed by atoms with Gasteiger partial charge in [-0.2, -0.15) is 0 Å². The summed E-state index contributed by atoms with van der Waals surface area (Å²) >= 11 is 0. The van der Waals surface area contributed by atoms with Gasteiger partial charge in [0.2, 0.25) is 0 Å². The van der Waals surface area contributed by atoms with Crippen LogP contribution in [0.2, 0.25) is 0 Å². The maximum absolute atomic E-state index is 12.5. The Balaban J connectivity index is 1.42. The monoisotopic (exact) mass is 433 g/mol. The largest absolute Gasteiger partial charge is 0.497 e. The molecule has 2 aromatic heterocycles. The third-order valence-corrected chi connectivity index (χ3v) is 4.58. The number of hydrogen-bond donors (Lipinski definition) is 1. The SMILES string of the molecule is COc1ccc(C(=O)Nc2cccc(C(=O)OCc3cc(=O)n4oc(C)cc4n3)c2)cc1. The Kier molecular flexibility index (Phi) is 5.71. The first-order chi connectivity index (χ1) is 15.4. The Labute approximate surface area is 182 Å². The van der Waals surface area contributed by atoms with E-state index in [1.165, 1.54) is 12.1 Å². The third kappa shape index (κ3) is 4.51. The molecule has 32 heavy (non-hydrogen) atoms. The second-order valence-corrected chi connectivity index (χ2v) is 6.92. The van der Waals surface area contributed by atoms with Gasteiger partial charge in [0, 0.05) is 23.4 Å². The normalized spacial score (nSPS) is 10.7. The van der Waals surface area contributed by atoms with Crippen molar-refractivity contribution in [3.63, 3.8) is 0 Å². The summed E-state index contributed by atoms with van der Waals surface area (Å²) in [6.45, 7) is 1.52. The summed E-state index contributed by atoms with van der Waals surface area (Å²) in [7, 11) is 1.55. The maximum Gasteiger partial charge on any atom is 0.338 e. The number of carbonyl (C=O) groups excluding carboxylic acids is 2. The van der Waals surface area contributed by atoms with Crippen molar-refractivity contribution >= 4 is 23.2 Å². The fourth-order valence-electron chi connectivity index (χ4n) is 3.04. The fourth-order valence-corrected chi connectivity index (χ4v) is 3.04. The molecule has 0 saturated heterocycles. The van der Waals surface area contributed by atoms with Crippen LogP contribution in [0.25, 0.3) is 5.65 Å². The number of nitrogens with one attached hydrogen (secondary N) is 1. The van der Waals surface area contributed by atoms with E-state index in [1.54, 1.807) is 62.6 Å². The van der Waals surface area contributed by atoms with Crippen molar-refractivity contribution in [3.05, 3.63) is 93.6 Å². The Morgan fingerprint density at radius 2 is 1.84 bits per heavy atom. The van der Waals surface area contributed by atoms with E-state index in [9.17, 15) is 14.4 Å². The Morgan fingerprint density at radius 1 is 1.06 bits per heavy atom. The topological polar surface area (TPSA) is 112 Å². The van der Waals surface area contributed by atoms with Gasteiger partial charge >= 0.3 is 5.97 Å². The number of nitrogens with zero attached hydrogens (tertiary/aromatic N) is 2. The minimum Gasteiger partial charge on any atom is -0.497 e. The van der Waals surface area contributed by atoms with Gasteiger partial charge in [-0.05, 0) is 49.4 Å². The number of benzene rings is 2. The molecule has 1 amide bonds. The number of esters is 1. The second-order valence-electron chi connectivity index (χ2n) is 6.92. The van der Waals surface area contributed by atoms with Crippen LogP contribution in [0.4, 0.5) is 5.69 Å². The molecule has 9 heteroatoms. The number of aromatic nitrogens is 2. The predicted molar refractivity (Wildman–Crippen MR) is 115 cm³/mol. The molecule has 4 aromatic rings. The Hall–Kier alpha value is -4.40. The first kappa shape index (κ1) is 20.9. The van der Waals surface area contributed by atoms with Gasteiger partial charge in [0.25, 0.3) is 11.5 Å². The Bertz CT molecular complexity index is 1350. The minimum atomic E-state index is -0.615. The third-order valence-electron chi connectivity index (χ3n) is 4.58.